The molecule has 0 aromatic carbocycles. The van der Waals surface area contributed by atoms with Gasteiger partial charge in [0.1, 0.15) is 0 Å². The van der Waals surface area contributed by atoms with E-state index in [0.717, 1.165) is 43.9 Å². The van der Waals surface area contributed by atoms with Crippen LogP contribution in [0, 0.1) is 23.2 Å². The van der Waals surface area contributed by atoms with E-state index in [9.17, 15) is 0 Å². The highest BCUT2D eigenvalue weighted by molar-refractivity contribution is 4.86. The predicted octanol–water partition coefficient (Wildman–Crippen LogP) is 3.71. The number of nitrogens with one attached hydrogen (secondary N) is 1. The van der Waals surface area contributed by atoms with Crippen LogP contribution in [-0.4, -0.2) is 26.8 Å². The van der Waals surface area contributed by atoms with Crippen molar-refractivity contribution in [1.29, 1.82) is 0 Å². The van der Waals surface area contributed by atoms with Crippen LogP contribution in [0.4, 0.5) is 0 Å². The second-order valence-corrected chi connectivity index (χ2v) is 7.03. The van der Waals surface area contributed by atoms with Crippen LogP contribution < -0.4 is 5.32 Å². The Morgan fingerprint density at radius 1 is 1.17 bits per heavy atom. The lowest BCUT2D eigenvalue weighted by Gasteiger charge is -2.41. The fraction of sp³-hybridized carbons (Fsp3) is 1.00. The zero-order chi connectivity index (χ0) is 13.6. The molecule has 0 bridgehead atoms. The van der Waals surface area contributed by atoms with Gasteiger partial charge in [0.15, 0.2) is 0 Å². The van der Waals surface area contributed by atoms with Gasteiger partial charge in [-0.3, -0.25) is 0 Å². The molecule has 0 spiro atoms. The molecule has 3 unspecified atom stereocenters. The normalized spacial score (nSPS) is 29.5. The third-order valence-electron chi connectivity index (χ3n) is 4.51. The molecular weight excluding hydrogens is 222 g/mol. The summed E-state index contributed by atoms with van der Waals surface area (Å²) in [5.41, 5.74) is 0.452. The van der Waals surface area contributed by atoms with Crippen molar-refractivity contribution in [3.63, 3.8) is 0 Å². The summed E-state index contributed by atoms with van der Waals surface area (Å²) >= 11 is 0. The molecule has 1 aliphatic rings. The van der Waals surface area contributed by atoms with Crippen LogP contribution in [0.1, 0.15) is 53.4 Å². The Hall–Kier alpha value is -0.0800. The maximum atomic E-state index is 5.83. The van der Waals surface area contributed by atoms with Gasteiger partial charge in [-0.1, -0.05) is 27.7 Å². The first kappa shape index (κ1) is 16.0. The molecule has 1 N–H and O–H groups in total. The molecular formula is C16H33NO. The van der Waals surface area contributed by atoms with Crippen LogP contribution in [-0.2, 0) is 4.74 Å². The number of rotatable bonds is 6. The molecule has 1 aliphatic carbocycles. The fourth-order valence-electron chi connectivity index (χ4n) is 3.23. The topological polar surface area (TPSA) is 21.3 Å². The summed E-state index contributed by atoms with van der Waals surface area (Å²) in [6.07, 6.45) is 5.23. The molecule has 0 aliphatic heterocycles. The van der Waals surface area contributed by atoms with Gasteiger partial charge in [0.05, 0.1) is 0 Å². The van der Waals surface area contributed by atoms with E-state index < -0.39 is 0 Å². The molecule has 1 saturated carbocycles. The van der Waals surface area contributed by atoms with E-state index in [-0.39, 0.29) is 0 Å². The standard InChI is InChI=1S/C16H33NO/c1-6-9-18-12-14-10-15(16(2,3)4)8-7-13(14)11-17-5/h13-15,17H,6-12H2,1-5H3. The molecule has 2 heteroatoms. The van der Waals surface area contributed by atoms with Crippen molar-refractivity contribution >= 4 is 0 Å². The summed E-state index contributed by atoms with van der Waals surface area (Å²) in [6.45, 7) is 12.4. The van der Waals surface area contributed by atoms with E-state index in [1.54, 1.807) is 0 Å². The van der Waals surface area contributed by atoms with E-state index in [1.165, 1.54) is 19.3 Å². The highest BCUT2D eigenvalue weighted by Crippen LogP contribution is 2.42. The Morgan fingerprint density at radius 2 is 1.89 bits per heavy atom. The van der Waals surface area contributed by atoms with Crippen molar-refractivity contribution in [3.8, 4) is 0 Å². The second-order valence-electron chi connectivity index (χ2n) is 7.03. The highest BCUT2D eigenvalue weighted by Gasteiger charge is 2.35. The Balaban J connectivity index is 2.52. The molecule has 0 amide bonds. The van der Waals surface area contributed by atoms with Gasteiger partial charge >= 0.3 is 0 Å². The van der Waals surface area contributed by atoms with Crippen molar-refractivity contribution in [3.05, 3.63) is 0 Å². The molecule has 0 saturated heterocycles. The number of hydrogen-bond acceptors (Lipinski definition) is 2. The quantitative estimate of drug-likeness (QED) is 0.731. The lowest BCUT2D eigenvalue weighted by atomic mass is 9.65. The van der Waals surface area contributed by atoms with Gasteiger partial charge in [-0.15, -0.1) is 0 Å². The van der Waals surface area contributed by atoms with E-state index in [4.69, 9.17) is 4.74 Å². The van der Waals surface area contributed by atoms with E-state index in [1.807, 2.05) is 0 Å². The molecule has 0 heterocycles. The number of ether oxygens (including phenoxy) is 1. The van der Waals surface area contributed by atoms with Gasteiger partial charge in [-0.05, 0) is 62.4 Å². The summed E-state index contributed by atoms with van der Waals surface area (Å²) < 4.78 is 5.83. The Morgan fingerprint density at radius 3 is 2.44 bits per heavy atom. The van der Waals surface area contributed by atoms with Gasteiger partial charge < -0.3 is 10.1 Å². The third-order valence-corrected chi connectivity index (χ3v) is 4.51. The Bertz CT molecular complexity index is 222. The SMILES string of the molecule is CCCOCC1CC(C(C)(C)C)CCC1CNC. The van der Waals surface area contributed by atoms with Crippen molar-refractivity contribution in [2.24, 2.45) is 23.2 Å². The average molecular weight is 255 g/mol. The molecule has 0 aromatic rings. The van der Waals surface area contributed by atoms with Gasteiger partial charge in [0.2, 0.25) is 0 Å². The summed E-state index contributed by atoms with van der Waals surface area (Å²) in [5.74, 6) is 2.42. The largest absolute Gasteiger partial charge is 0.381 e. The van der Waals surface area contributed by atoms with Gasteiger partial charge in [0, 0.05) is 13.2 Å². The van der Waals surface area contributed by atoms with Crippen molar-refractivity contribution in [1.82, 2.24) is 5.32 Å². The van der Waals surface area contributed by atoms with Crippen LogP contribution in [0.25, 0.3) is 0 Å². The molecule has 1 rings (SSSR count). The maximum absolute atomic E-state index is 5.83. The van der Waals surface area contributed by atoms with Crippen LogP contribution in [0.5, 0.6) is 0 Å². The summed E-state index contributed by atoms with van der Waals surface area (Å²) in [7, 11) is 2.07. The molecule has 0 radical (unpaired) electrons. The smallest absolute Gasteiger partial charge is 0.0497 e. The molecule has 108 valence electrons. The zero-order valence-corrected chi connectivity index (χ0v) is 13.1. The van der Waals surface area contributed by atoms with Crippen molar-refractivity contribution in [2.45, 2.75) is 53.4 Å². The van der Waals surface area contributed by atoms with Gasteiger partial charge in [0.25, 0.3) is 0 Å². The van der Waals surface area contributed by atoms with Crippen LogP contribution in [0.2, 0.25) is 0 Å². The summed E-state index contributed by atoms with van der Waals surface area (Å²) in [5, 5.41) is 3.36. The number of hydrogen-bond donors (Lipinski definition) is 1. The Kier molecular flexibility index (Phi) is 6.65. The predicted molar refractivity (Wildman–Crippen MR) is 78.8 cm³/mol. The average Bonchev–Trinajstić information content (AvgIpc) is 2.30. The van der Waals surface area contributed by atoms with Gasteiger partial charge in [-0.2, -0.15) is 0 Å². The lowest BCUT2D eigenvalue weighted by molar-refractivity contribution is 0.0234. The minimum absolute atomic E-state index is 0.452. The molecule has 2 nitrogen and oxygen atoms in total. The van der Waals surface area contributed by atoms with Gasteiger partial charge in [-0.25, -0.2) is 0 Å². The van der Waals surface area contributed by atoms with Crippen LogP contribution >= 0.6 is 0 Å². The monoisotopic (exact) mass is 255 g/mol. The summed E-state index contributed by atoms with van der Waals surface area (Å²) in [6, 6.07) is 0. The van der Waals surface area contributed by atoms with Crippen molar-refractivity contribution in [2.75, 3.05) is 26.8 Å². The molecule has 18 heavy (non-hydrogen) atoms. The highest BCUT2D eigenvalue weighted by atomic mass is 16.5. The third kappa shape index (κ3) is 4.89. The van der Waals surface area contributed by atoms with E-state index in [0.29, 0.717) is 5.41 Å². The summed E-state index contributed by atoms with van der Waals surface area (Å²) in [4.78, 5) is 0. The molecule has 0 aromatic heterocycles. The second kappa shape index (κ2) is 7.49. The maximum Gasteiger partial charge on any atom is 0.0497 e. The van der Waals surface area contributed by atoms with E-state index >= 15 is 0 Å². The van der Waals surface area contributed by atoms with Crippen molar-refractivity contribution < 1.29 is 4.74 Å². The molecule has 3 atom stereocenters. The van der Waals surface area contributed by atoms with E-state index in [2.05, 4.69) is 40.1 Å². The first-order valence-corrected chi connectivity index (χ1v) is 7.71. The fourth-order valence-corrected chi connectivity index (χ4v) is 3.23. The first-order chi connectivity index (χ1) is 8.49. The van der Waals surface area contributed by atoms with Crippen LogP contribution in [0.3, 0.4) is 0 Å². The first-order valence-electron chi connectivity index (χ1n) is 7.71. The zero-order valence-electron chi connectivity index (χ0n) is 13.1. The minimum atomic E-state index is 0.452. The molecule has 1 fully saturated rings. The Labute approximate surface area is 114 Å². The minimum Gasteiger partial charge on any atom is -0.381 e. The van der Waals surface area contributed by atoms with Crippen LogP contribution in [0.15, 0.2) is 0 Å². The lowest BCUT2D eigenvalue weighted by Crippen LogP contribution is -2.37.